The summed E-state index contributed by atoms with van der Waals surface area (Å²) in [5, 5.41) is 3.86. The lowest BCUT2D eigenvalue weighted by atomic mass is 9.96. The molecule has 0 aliphatic carbocycles. The van der Waals surface area contributed by atoms with Crippen LogP contribution in [0.25, 0.3) is 0 Å². The average molecular weight is 474 g/mol. The van der Waals surface area contributed by atoms with Crippen molar-refractivity contribution in [2.24, 2.45) is 0 Å². The number of aromatic nitrogens is 4. The van der Waals surface area contributed by atoms with Gasteiger partial charge in [0.2, 0.25) is 17.7 Å². The van der Waals surface area contributed by atoms with Crippen molar-refractivity contribution in [1.29, 1.82) is 0 Å². The molecule has 2 atom stereocenters. The molecule has 0 N–H and O–H groups in total. The first-order chi connectivity index (χ1) is 15.4. The number of morpholine rings is 1. The molecule has 182 valence electrons. The molecule has 0 spiro atoms. The van der Waals surface area contributed by atoms with Crippen LogP contribution in [0.2, 0.25) is 0 Å². The summed E-state index contributed by atoms with van der Waals surface area (Å²) in [6.07, 6.45) is -5.05. The zero-order chi connectivity index (χ0) is 24.1. The highest BCUT2D eigenvalue weighted by atomic mass is 19.4. The minimum absolute atomic E-state index is 0.0533. The van der Waals surface area contributed by atoms with E-state index in [2.05, 4.69) is 15.1 Å². The van der Waals surface area contributed by atoms with Gasteiger partial charge >= 0.3 is 6.18 Å². The summed E-state index contributed by atoms with van der Waals surface area (Å²) in [5.74, 6) is -1.37. The highest BCUT2D eigenvalue weighted by molar-refractivity contribution is 5.48. The van der Waals surface area contributed by atoms with Gasteiger partial charge in [-0.2, -0.15) is 27.5 Å². The van der Waals surface area contributed by atoms with E-state index in [1.807, 2.05) is 20.8 Å². The maximum absolute atomic E-state index is 15.0. The van der Waals surface area contributed by atoms with Crippen LogP contribution in [0.3, 0.4) is 0 Å². The number of fused-ring (bicyclic) bond motifs is 1. The zero-order valence-electron chi connectivity index (χ0n) is 18.8. The maximum atomic E-state index is 15.0. The number of hydrogen-bond acceptors (Lipinski definition) is 8. The first-order valence-electron chi connectivity index (χ1n) is 10.7. The molecule has 9 nitrogen and oxygen atoms in total. The van der Waals surface area contributed by atoms with Crippen LogP contribution in [0.4, 0.5) is 29.3 Å². The molecule has 0 aromatic carbocycles. The van der Waals surface area contributed by atoms with E-state index in [0.29, 0.717) is 5.82 Å². The van der Waals surface area contributed by atoms with Crippen LogP contribution in [-0.2, 0) is 23.2 Å². The summed E-state index contributed by atoms with van der Waals surface area (Å²) >= 11 is 0. The van der Waals surface area contributed by atoms with E-state index in [1.54, 1.807) is 11.8 Å². The zero-order valence-corrected chi connectivity index (χ0v) is 18.8. The summed E-state index contributed by atoms with van der Waals surface area (Å²) < 4.78 is 68.4. The fourth-order valence-electron chi connectivity index (χ4n) is 4.00. The Kier molecular flexibility index (Phi) is 5.87. The third kappa shape index (κ3) is 4.42. The molecule has 2 aliphatic rings. The molecule has 2 unspecified atom stereocenters. The summed E-state index contributed by atoms with van der Waals surface area (Å²) in [4.78, 5) is 23.7. The summed E-state index contributed by atoms with van der Waals surface area (Å²) in [6, 6.07) is -2.25. The van der Waals surface area contributed by atoms with Crippen molar-refractivity contribution in [2.75, 3.05) is 29.6 Å². The van der Waals surface area contributed by atoms with Gasteiger partial charge in [-0.15, -0.1) is 0 Å². The molecule has 2 aromatic rings. The third-order valence-corrected chi connectivity index (χ3v) is 5.80. The van der Waals surface area contributed by atoms with Gasteiger partial charge in [0.05, 0.1) is 19.3 Å². The highest BCUT2D eigenvalue weighted by Gasteiger charge is 2.48. The molecule has 0 saturated carbocycles. The number of anilines is 2. The second-order valence-corrected chi connectivity index (χ2v) is 9.36. The first kappa shape index (κ1) is 23.5. The van der Waals surface area contributed by atoms with Gasteiger partial charge in [-0.1, -0.05) is 25.9 Å². The second kappa shape index (κ2) is 8.26. The van der Waals surface area contributed by atoms with E-state index in [1.165, 1.54) is 0 Å². The Morgan fingerprint density at radius 1 is 1.15 bits per heavy atom. The first-order valence-corrected chi connectivity index (χ1v) is 10.7. The molecule has 0 bridgehead atoms. The Balaban J connectivity index is 1.80. The van der Waals surface area contributed by atoms with Crippen LogP contribution in [0.1, 0.15) is 45.8 Å². The monoisotopic (exact) mass is 474 g/mol. The molecule has 13 heteroatoms. The number of alkyl halides is 3. The molecule has 2 aromatic heterocycles. The molecule has 0 radical (unpaired) electrons. The molecule has 2 aliphatic heterocycles. The fraction of sp³-hybridized carbons (Fsp3) is 0.700. The topological polar surface area (TPSA) is 89.5 Å². The van der Waals surface area contributed by atoms with Crippen LogP contribution in [0.15, 0.2) is 9.32 Å². The lowest BCUT2D eigenvalue weighted by Gasteiger charge is -2.40. The van der Waals surface area contributed by atoms with Crippen molar-refractivity contribution in [3.8, 4) is 0 Å². The van der Waals surface area contributed by atoms with Gasteiger partial charge in [0.1, 0.15) is 12.6 Å². The molecular formula is C20H26F4N6O3. The Labute approximate surface area is 187 Å². The lowest BCUT2D eigenvalue weighted by Crippen LogP contribution is -2.53. The Hall–Kier alpha value is -2.70. The van der Waals surface area contributed by atoms with Crippen LogP contribution >= 0.6 is 0 Å². The van der Waals surface area contributed by atoms with E-state index in [4.69, 9.17) is 9.26 Å². The normalized spacial score (nSPS) is 21.9. The van der Waals surface area contributed by atoms with E-state index in [0.717, 1.165) is 9.47 Å². The Morgan fingerprint density at radius 2 is 1.88 bits per heavy atom. The number of rotatable bonds is 3. The highest BCUT2D eigenvalue weighted by Crippen LogP contribution is 2.36. The Morgan fingerprint density at radius 3 is 2.48 bits per heavy atom. The van der Waals surface area contributed by atoms with Gasteiger partial charge in [0.25, 0.3) is 5.56 Å². The summed E-state index contributed by atoms with van der Waals surface area (Å²) in [6.45, 7) is 7.39. The number of hydrogen-bond donors (Lipinski definition) is 0. The molecular weight excluding hydrogens is 448 g/mol. The number of halogens is 4. The molecule has 1 saturated heterocycles. The van der Waals surface area contributed by atoms with Crippen molar-refractivity contribution in [1.82, 2.24) is 19.7 Å². The quantitative estimate of drug-likeness (QED) is 0.628. The van der Waals surface area contributed by atoms with E-state index in [9.17, 15) is 18.0 Å². The number of nitrogens with zero attached hydrogens (tertiary/aromatic N) is 6. The van der Waals surface area contributed by atoms with Crippen LogP contribution in [0.5, 0.6) is 0 Å². The van der Waals surface area contributed by atoms with Gasteiger partial charge in [-0.05, 0) is 13.3 Å². The van der Waals surface area contributed by atoms with Gasteiger partial charge in [-0.3, -0.25) is 9.36 Å². The third-order valence-electron chi connectivity index (χ3n) is 5.80. The fourth-order valence-corrected chi connectivity index (χ4v) is 4.00. The van der Waals surface area contributed by atoms with E-state index >= 15 is 4.39 Å². The van der Waals surface area contributed by atoms with Crippen LogP contribution in [0, 0.1) is 5.82 Å². The predicted octanol–water partition coefficient (Wildman–Crippen LogP) is 2.63. The lowest BCUT2D eigenvalue weighted by molar-refractivity contribution is -0.153. The van der Waals surface area contributed by atoms with Crippen molar-refractivity contribution in [2.45, 2.75) is 70.9 Å². The van der Waals surface area contributed by atoms with Crippen molar-refractivity contribution in [3.05, 3.63) is 27.9 Å². The summed E-state index contributed by atoms with van der Waals surface area (Å²) in [7, 11) is 0. The summed E-state index contributed by atoms with van der Waals surface area (Å²) in [5.41, 5.74) is -1.48. The van der Waals surface area contributed by atoms with Gasteiger partial charge in [0, 0.05) is 18.5 Å². The van der Waals surface area contributed by atoms with E-state index < -0.39 is 42.0 Å². The SMILES string of the molecule is CC1COCCN1c1nc2n(c(=O)c1F)CCC(C(F)(F)F)N2Cc1nc(C(C)(C)C)no1. The van der Waals surface area contributed by atoms with Crippen molar-refractivity contribution >= 4 is 11.8 Å². The standard InChI is InChI=1S/C20H26F4N6O3/c1-11-10-32-8-7-28(11)15-14(21)16(31)29-6-5-12(20(22,23)24)30(18(29)26-15)9-13-25-17(27-33-13)19(2,3)4/h11-12H,5-10H2,1-4H3. The number of ether oxygens (including phenoxy) is 1. The smallest absolute Gasteiger partial charge is 0.377 e. The van der Waals surface area contributed by atoms with Gasteiger partial charge in [0.15, 0.2) is 11.6 Å². The second-order valence-electron chi connectivity index (χ2n) is 9.36. The molecule has 1 fully saturated rings. The minimum Gasteiger partial charge on any atom is -0.377 e. The Bertz CT molecular complexity index is 1080. The van der Waals surface area contributed by atoms with Gasteiger partial charge in [-0.25, -0.2) is 0 Å². The van der Waals surface area contributed by atoms with Crippen molar-refractivity contribution in [3.63, 3.8) is 0 Å². The van der Waals surface area contributed by atoms with Crippen LogP contribution in [-0.4, -0.2) is 57.7 Å². The molecule has 4 rings (SSSR count). The average Bonchev–Trinajstić information content (AvgIpc) is 3.20. The van der Waals surface area contributed by atoms with Crippen molar-refractivity contribution < 1.29 is 26.8 Å². The van der Waals surface area contributed by atoms with E-state index in [-0.39, 0.29) is 50.0 Å². The molecule has 0 amide bonds. The largest absolute Gasteiger partial charge is 0.408 e. The van der Waals surface area contributed by atoms with Crippen LogP contribution < -0.4 is 15.4 Å². The molecule has 4 heterocycles. The van der Waals surface area contributed by atoms with Gasteiger partial charge < -0.3 is 19.1 Å². The maximum Gasteiger partial charge on any atom is 0.408 e. The molecule has 33 heavy (non-hydrogen) atoms. The minimum atomic E-state index is -4.61. The predicted molar refractivity (Wildman–Crippen MR) is 110 cm³/mol.